The molecule has 2 N–H and O–H groups in total. The number of nitrogens with two attached hydrogens (primary N) is 1. The van der Waals surface area contributed by atoms with Crippen LogP contribution in [0.15, 0.2) is 25.6 Å². The van der Waals surface area contributed by atoms with Crippen molar-refractivity contribution in [3.05, 3.63) is 42.2 Å². The maximum absolute atomic E-state index is 8.71. The molecule has 0 fully saturated rings. The van der Waals surface area contributed by atoms with Gasteiger partial charge in [-0.1, -0.05) is 25.3 Å². The molecule has 0 aromatic carbocycles. The Morgan fingerprint density at radius 2 is 2.14 bits per heavy atom. The molecule has 1 unspecified atom stereocenters. The SMILES string of the molecule is C=Cc1cncc(C(N)C#N)c1C=C. The van der Waals surface area contributed by atoms with Gasteiger partial charge in [0.2, 0.25) is 0 Å². The topological polar surface area (TPSA) is 62.7 Å². The Balaban J connectivity index is 3.37. The van der Waals surface area contributed by atoms with Crippen LogP contribution in [0.25, 0.3) is 12.2 Å². The van der Waals surface area contributed by atoms with E-state index in [0.29, 0.717) is 5.56 Å². The summed E-state index contributed by atoms with van der Waals surface area (Å²) in [6, 6.07) is 1.29. The zero-order valence-electron chi connectivity index (χ0n) is 7.77. The van der Waals surface area contributed by atoms with Gasteiger partial charge in [-0.2, -0.15) is 5.26 Å². The molecule has 14 heavy (non-hydrogen) atoms. The van der Waals surface area contributed by atoms with Crippen LogP contribution in [0.2, 0.25) is 0 Å². The van der Waals surface area contributed by atoms with E-state index in [1.807, 2.05) is 6.07 Å². The van der Waals surface area contributed by atoms with Crippen molar-refractivity contribution >= 4 is 12.2 Å². The number of nitriles is 1. The Morgan fingerprint density at radius 3 is 2.64 bits per heavy atom. The van der Waals surface area contributed by atoms with Gasteiger partial charge in [-0.15, -0.1) is 0 Å². The van der Waals surface area contributed by atoms with Crippen molar-refractivity contribution in [3.63, 3.8) is 0 Å². The Morgan fingerprint density at radius 1 is 1.43 bits per heavy atom. The zero-order valence-corrected chi connectivity index (χ0v) is 7.77. The molecule has 0 bridgehead atoms. The van der Waals surface area contributed by atoms with E-state index in [1.165, 1.54) is 0 Å². The fourth-order valence-electron chi connectivity index (χ4n) is 1.22. The lowest BCUT2D eigenvalue weighted by atomic mass is 10.00. The largest absolute Gasteiger partial charge is 0.312 e. The smallest absolute Gasteiger partial charge is 0.120 e. The third kappa shape index (κ3) is 1.70. The molecular formula is C11H11N3. The molecule has 1 rings (SSSR count). The van der Waals surface area contributed by atoms with Gasteiger partial charge in [-0.25, -0.2) is 0 Å². The highest BCUT2D eigenvalue weighted by molar-refractivity contribution is 5.66. The third-order valence-corrected chi connectivity index (χ3v) is 1.95. The molecule has 70 valence electrons. The molecule has 0 spiro atoms. The average Bonchev–Trinajstić information content (AvgIpc) is 2.26. The normalized spacial score (nSPS) is 11.4. The van der Waals surface area contributed by atoms with Gasteiger partial charge in [0.05, 0.1) is 6.07 Å². The van der Waals surface area contributed by atoms with Crippen molar-refractivity contribution in [2.24, 2.45) is 5.73 Å². The zero-order chi connectivity index (χ0) is 10.6. The van der Waals surface area contributed by atoms with E-state index in [-0.39, 0.29) is 0 Å². The molecule has 0 aliphatic rings. The van der Waals surface area contributed by atoms with Gasteiger partial charge in [-0.05, 0) is 11.1 Å². The Kier molecular flexibility index (Phi) is 3.16. The second-order valence-electron chi connectivity index (χ2n) is 2.75. The molecule has 1 heterocycles. The van der Waals surface area contributed by atoms with E-state index in [1.54, 1.807) is 24.5 Å². The van der Waals surface area contributed by atoms with Gasteiger partial charge in [-0.3, -0.25) is 4.98 Å². The highest BCUT2D eigenvalue weighted by atomic mass is 14.7. The van der Waals surface area contributed by atoms with Crippen molar-refractivity contribution in [2.75, 3.05) is 0 Å². The standard InChI is InChI=1S/C11H11N3/c1-3-8-6-14-7-10(9(8)4-2)11(13)5-12/h3-4,6-7,11H,1-2,13H2. The Hall–Kier alpha value is -1.92. The van der Waals surface area contributed by atoms with Crippen LogP contribution in [0.3, 0.4) is 0 Å². The van der Waals surface area contributed by atoms with Crippen molar-refractivity contribution in [2.45, 2.75) is 6.04 Å². The summed E-state index contributed by atoms with van der Waals surface area (Å²) in [5.41, 5.74) is 7.95. The highest BCUT2D eigenvalue weighted by Crippen LogP contribution is 2.20. The van der Waals surface area contributed by atoms with Gasteiger partial charge < -0.3 is 5.73 Å². The van der Waals surface area contributed by atoms with Gasteiger partial charge >= 0.3 is 0 Å². The molecule has 1 atom stereocenters. The first-order valence-electron chi connectivity index (χ1n) is 4.12. The predicted octanol–water partition coefficient (Wildman–Crippen LogP) is 1.89. The maximum Gasteiger partial charge on any atom is 0.120 e. The van der Waals surface area contributed by atoms with Crippen LogP contribution >= 0.6 is 0 Å². The highest BCUT2D eigenvalue weighted by Gasteiger charge is 2.10. The molecule has 3 heteroatoms. The summed E-state index contributed by atoms with van der Waals surface area (Å²) >= 11 is 0. The molecule has 0 aliphatic carbocycles. The van der Waals surface area contributed by atoms with E-state index in [2.05, 4.69) is 18.1 Å². The molecule has 1 aromatic heterocycles. The quantitative estimate of drug-likeness (QED) is 0.782. The Bertz CT molecular complexity index is 401. The summed E-state index contributed by atoms with van der Waals surface area (Å²) in [7, 11) is 0. The number of nitrogens with zero attached hydrogens (tertiary/aromatic N) is 2. The second kappa shape index (κ2) is 4.35. The number of pyridine rings is 1. The lowest BCUT2D eigenvalue weighted by Gasteiger charge is -2.09. The first-order chi connectivity index (χ1) is 6.74. The van der Waals surface area contributed by atoms with Gasteiger partial charge in [0.15, 0.2) is 0 Å². The van der Waals surface area contributed by atoms with E-state index in [9.17, 15) is 0 Å². The number of aromatic nitrogens is 1. The van der Waals surface area contributed by atoms with E-state index >= 15 is 0 Å². The van der Waals surface area contributed by atoms with Crippen LogP contribution in [-0.4, -0.2) is 4.98 Å². The minimum absolute atomic E-state index is 0.671. The van der Waals surface area contributed by atoms with Gasteiger partial charge in [0, 0.05) is 18.0 Å². The maximum atomic E-state index is 8.71. The molecule has 3 nitrogen and oxygen atoms in total. The molecule has 0 saturated heterocycles. The van der Waals surface area contributed by atoms with Crippen LogP contribution in [0, 0.1) is 11.3 Å². The van der Waals surface area contributed by atoms with Crippen LogP contribution in [0.5, 0.6) is 0 Å². The summed E-state index contributed by atoms with van der Waals surface area (Å²) < 4.78 is 0. The van der Waals surface area contributed by atoms with Crippen LogP contribution in [0.4, 0.5) is 0 Å². The van der Waals surface area contributed by atoms with Gasteiger partial charge in [0.1, 0.15) is 6.04 Å². The summed E-state index contributed by atoms with van der Waals surface area (Å²) in [4.78, 5) is 3.98. The van der Waals surface area contributed by atoms with Crippen LogP contribution in [0.1, 0.15) is 22.7 Å². The summed E-state index contributed by atoms with van der Waals surface area (Å²) in [5.74, 6) is 0. The number of rotatable bonds is 3. The molecular weight excluding hydrogens is 174 g/mol. The van der Waals surface area contributed by atoms with Crippen molar-refractivity contribution in [1.29, 1.82) is 5.26 Å². The minimum atomic E-state index is -0.671. The summed E-state index contributed by atoms with van der Waals surface area (Å²) in [6.07, 6.45) is 6.57. The third-order valence-electron chi connectivity index (χ3n) is 1.95. The van der Waals surface area contributed by atoms with E-state index < -0.39 is 6.04 Å². The van der Waals surface area contributed by atoms with Crippen LogP contribution in [-0.2, 0) is 0 Å². The average molecular weight is 185 g/mol. The fraction of sp³-hybridized carbons (Fsp3) is 0.0909. The first kappa shape index (κ1) is 10.2. The molecule has 0 aliphatic heterocycles. The molecule has 0 saturated carbocycles. The lowest BCUT2D eigenvalue weighted by Crippen LogP contribution is -2.10. The van der Waals surface area contributed by atoms with E-state index in [4.69, 9.17) is 11.0 Å². The number of hydrogen-bond acceptors (Lipinski definition) is 3. The summed E-state index contributed by atoms with van der Waals surface area (Å²) in [5, 5.41) is 8.71. The number of hydrogen-bond donors (Lipinski definition) is 1. The fourth-order valence-corrected chi connectivity index (χ4v) is 1.22. The van der Waals surface area contributed by atoms with Crippen molar-refractivity contribution in [1.82, 2.24) is 4.98 Å². The molecule has 0 radical (unpaired) electrons. The Labute approximate surface area is 83.2 Å². The molecule has 1 aromatic rings. The first-order valence-corrected chi connectivity index (χ1v) is 4.12. The van der Waals surface area contributed by atoms with E-state index in [0.717, 1.165) is 11.1 Å². The predicted molar refractivity (Wildman–Crippen MR) is 57.0 cm³/mol. The van der Waals surface area contributed by atoms with Crippen LogP contribution < -0.4 is 5.73 Å². The summed E-state index contributed by atoms with van der Waals surface area (Å²) in [6.45, 7) is 7.33. The monoisotopic (exact) mass is 185 g/mol. The second-order valence-corrected chi connectivity index (χ2v) is 2.75. The van der Waals surface area contributed by atoms with Gasteiger partial charge in [0.25, 0.3) is 0 Å². The minimum Gasteiger partial charge on any atom is -0.312 e. The van der Waals surface area contributed by atoms with Crippen molar-refractivity contribution in [3.8, 4) is 6.07 Å². The molecule has 0 amide bonds. The lowest BCUT2D eigenvalue weighted by molar-refractivity contribution is 0.911. The van der Waals surface area contributed by atoms with Crippen molar-refractivity contribution < 1.29 is 0 Å².